The molecule has 0 aliphatic carbocycles. The van der Waals surface area contributed by atoms with Gasteiger partial charge in [0.05, 0.1) is 16.8 Å². The summed E-state index contributed by atoms with van der Waals surface area (Å²) in [6.07, 6.45) is 0. The van der Waals surface area contributed by atoms with Crippen LogP contribution in [-0.4, -0.2) is 30.4 Å². The number of halogens is 1. The number of benzene rings is 2. The maximum absolute atomic E-state index is 10.7. The second-order valence-electron chi connectivity index (χ2n) is 5.43. The number of nitrogens with zero attached hydrogens (tertiary/aromatic N) is 4. The van der Waals surface area contributed by atoms with Crippen molar-refractivity contribution in [2.45, 2.75) is 13.5 Å². The number of fused-ring (bicyclic) bond motifs is 3. The van der Waals surface area contributed by atoms with Crippen LogP contribution in [-0.2, 0) is 6.54 Å². The summed E-state index contributed by atoms with van der Waals surface area (Å²) in [5.74, 6) is 1.45. The van der Waals surface area contributed by atoms with Gasteiger partial charge in [-0.1, -0.05) is 29.8 Å². The Labute approximate surface area is 138 Å². The average molecular weight is 326 g/mol. The van der Waals surface area contributed by atoms with Gasteiger partial charge in [0.15, 0.2) is 0 Å². The van der Waals surface area contributed by atoms with Gasteiger partial charge in [0.25, 0.3) is 12.3 Å². The van der Waals surface area contributed by atoms with Crippen molar-refractivity contribution in [2.75, 3.05) is 0 Å². The van der Waals surface area contributed by atoms with E-state index in [2.05, 4.69) is 10.2 Å². The summed E-state index contributed by atoms with van der Waals surface area (Å²) in [5.41, 5.74) is 3.36. The lowest BCUT2D eigenvalue weighted by Crippen LogP contribution is -2.19. The summed E-state index contributed by atoms with van der Waals surface area (Å²) < 4.78 is 3.16. The van der Waals surface area contributed by atoms with Crippen LogP contribution in [0.1, 0.15) is 22.8 Å². The molecule has 0 amide bonds. The summed E-state index contributed by atoms with van der Waals surface area (Å²) in [4.78, 5) is 0. The highest BCUT2D eigenvalue weighted by Gasteiger charge is 2.31. The summed E-state index contributed by atoms with van der Waals surface area (Å²) >= 11 is 6.22. The van der Waals surface area contributed by atoms with Crippen molar-refractivity contribution in [3.63, 3.8) is 0 Å². The van der Waals surface area contributed by atoms with Crippen molar-refractivity contribution in [3.8, 4) is 5.69 Å². The SMILES string of the molecule is Cc1nnc2n1-c1ccc(Cl)cc1C(c1ccccc1)=[N+](O)C2. The van der Waals surface area contributed by atoms with Gasteiger partial charge in [-0.25, -0.2) is 0 Å². The van der Waals surface area contributed by atoms with E-state index in [4.69, 9.17) is 11.6 Å². The molecule has 2 aromatic carbocycles. The maximum atomic E-state index is 10.7. The molecule has 6 heteroatoms. The van der Waals surface area contributed by atoms with Crippen molar-refractivity contribution < 1.29 is 9.95 Å². The molecule has 0 spiro atoms. The molecule has 23 heavy (non-hydrogen) atoms. The molecule has 1 N–H and O–H groups in total. The van der Waals surface area contributed by atoms with Gasteiger partial charge in [-0.3, -0.25) is 9.77 Å². The van der Waals surface area contributed by atoms with Crippen LogP contribution < -0.4 is 0 Å². The van der Waals surface area contributed by atoms with E-state index in [0.717, 1.165) is 22.6 Å². The maximum Gasteiger partial charge on any atom is 0.267 e. The van der Waals surface area contributed by atoms with Gasteiger partial charge in [-0.15, -0.1) is 10.2 Å². The molecule has 114 valence electrons. The third kappa shape index (κ3) is 2.21. The molecule has 0 unspecified atom stereocenters. The fourth-order valence-corrected chi connectivity index (χ4v) is 3.14. The molecular formula is C17H14ClN4O+. The summed E-state index contributed by atoms with van der Waals surface area (Å²) in [6, 6.07) is 15.4. The number of hydrogen-bond acceptors (Lipinski definition) is 3. The van der Waals surface area contributed by atoms with Crippen molar-refractivity contribution in [2.24, 2.45) is 0 Å². The lowest BCUT2D eigenvalue weighted by molar-refractivity contribution is -0.786. The van der Waals surface area contributed by atoms with E-state index in [-0.39, 0.29) is 6.54 Å². The smallest absolute Gasteiger partial charge is 0.267 e. The van der Waals surface area contributed by atoms with E-state index in [9.17, 15) is 5.21 Å². The molecule has 2 heterocycles. The fraction of sp³-hybridized carbons (Fsp3) is 0.118. The highest BCUT2D eigenvalue weighted by atomic mass is 35.5. The average Bonchev–Trinajstić information content (AvgIpc) is 2.84. The molecule has 0 saturated carbocycles. The quantitative estimate of drug-likeness (QED) is 0.553. The topological polar surface area (TPSA) is 54.0 Å². The van der Waals surface area contributed by atoms with Crippen LogP contribution >= 0.6 is 11.6 Å². The van der Waals surface area contributed by atoms with Crippen LogP contribution in [0.2, 0.25) is 5.02 Å². The zero-order valence-electron chi connectivity index (χ0n) is 12.4. The molecule has 3 aromatic rings. The first-order chi connectivity index (χ1) is 11.1. The van der Waals surface area contributed by atoms with Crippen molar-refractivity contribution >= 4 is 17.3 Å². The van der Waals surface area contributed by atoms with Crippen molar-refractivity contribution in [1.29, 1.82) is 0 Å². The van der Waals surface area contributed by atoms with Crippen LogP contribution in [0.15, 0.2) is 48.5 Å². The molecule has 1 aliphatic heterocycles. The zero-order chi connectivity index (χ0) is 16.0. The minimum absolute atomic E-state index is 0.247. The van der Waals surface area contributed by atoms with E-state index in [1.165, 1.54) is 4.74 Å². The van der Waals surface area contributed by atoms with Gasteiger partial charge in [0.1, 0.15) is 5.82 Å². The molecule has 1 aromatic heterocycles. The van der Waals surface area contributed by atoms with Crippen LogP contribution in [0.5, 0.6) is 0 Å². The number of aryl methyl sites for hydroxylation is 1. The highest BCUT2D eigenvalue weighted by Crippen LogP contribution is 2.27. The van der Waals surface area contributed by atoms with E-state index in [0.29, 0.717) is 16.6 Å². The molecule has 4 rings (SSSR count). The van der Waals surface area contributed by atoms with Crippen LogP contribution in [0.3, 0.4) is 0 Å². The third-order valence-electron chi connectivity index (χ3n) is 3.94. The van der Waals surface area contributed by atoms with E-state index < -0.39 is 0 Å². The van der Waals surface area contributed by atoms with E-state index >= 15 is 0 Å². The monoisotopic (exact) mass is 325 g/mol. The van der Waals surface area contributed by atoms with Gasteiger partial charge in [-0.05, 0) is 42.0 Å². The molecule has 1 aliphatic rings. The normalized spacial score (nSPS) is 13.5. The predicted molar refractivity (Wildman–Crippen MR) is 86.5 cm³/mol. The lowest BCUT2D eigenvalue weighted by atomic mass is 10.0. The summed E-state index contributed by atoms with van der Waals surface area (Å²) in [6.45, 7) is 2.14. The van der Waals surface area contributed by atoms with Crippen LogP contribution in [0, 0.1) is 6.92 Å². The second kappa shape index (κ2) is 5.21. The lowest BCUT2D eigenvalue weighted by Gasteiger charge is -2.09. The predicted octanol–water partition coefficient (Wildman–Crippen LogP) is 2.98. The number of rotatable bonds is 1. The molecule has 0 radical (unpaired) electrons. The van der Waals surface area contributed by atoms with Gasteiger partial charge in [-0.2, -0.15) is 0 Å². The van der Waals surface area contributed by atoms with Crippen LogP contribution in [0.25, 0.3) is 5.69 Å². The molecule has 5 nitrogen and oxygen atoms in total. The highest BCUT2D eigenvalue weighted by molar-refractivity contribution is 6.31. The Morgan fingerprint density at radius 3 is 2.70 bits per heavy atom. The minimum Gasteiger partial charge on any atom is -0.290 e. The molecule has 0 bridgehead atoms. The van der Waals surface area contributed by atoms with E-state index in [1.54, 1.807) is 0 Å². The van der Waals surface area contributed by atoms with Crippen molar-refractivity contribution in [3.05, 3.63) is 76.3 Å². The number of aromatic nitrogens is 3. The zero-order valence-corrected chi connectivity index (χ0v) is 13.2. The Morgan fingerprint density at radius 2 is 1.91 bits per heavy atom. The number of hydroxylamine groups is 1. The summed E-state index contributed by atoms with van der Waals surface area (Å²) in [7, 11) is 0. The van der Waals surface area contributed by atoms with Gasteiger partial charge < -0.3 is 0 Å². The Kier molecular flexibility index (Phi) is 3.16. The Morgan fingerprint density at radius 1 is 1.13 bits per heavy atom. The molecular weight excluding hydrogens is 312 g/mol. The second-order valence-corrected chi connectivity index (χ2v) is 5.87. The van der Waals surface area contributed by atoms with Gasteiger partial charge in [0, 0.05) is 5.02 Å². The first kappa shape index (κ1) is 14.0. The van der Waals surface area contributed by atoms with Crippen LogP contribution in [0.4, 0.5) is 0 Å². The molecule has 0 fully saturated rings. The Hall–Kier alpha value is -2.66. The third-order valence-corrected chi connectivity index (χ3v) is 4.18. The van der Waals surface area contributed by atoms with Gasteiger partial charge in [0.2, 0.25) is 5.82 Å². The first-order valence-electron chi connectivity index (χ1n) is 7.25. The Bertz CT molecular complexity index is 931. The Balaban J connectivity index is 2.07. The number of hydrogen-bond donors (Lipinski definition) is 1. The van der Waals surface area contributed by atoms with Gasteiger partial charge >= 0.3 is 0 Å². The standard InChI is InChI=1S/C17H14ClN4O/c1-11-19-20-16-10-21(23)17(12-5-3-2-4-6-12)14-9-13(18)7-8-15(14)22(11)16/h2-9,23H,10H2,1H3/q+1. The minimum atomic E-state index is 0.247. The van der Waals surface area contributed by atoms with E-state index in [1.807, 2.05) is 60.0 Å². The first-order valence-corrected chi connectivity index (χ1v) is 7.63. The summed E-state index contributed by atoms with van der Waals surface area (Å²) in [5, 5.41) is 19.6. The molecule has 0 atom stereocenters. The largest absolute Gasteiger partial charge is 0.290 e. The fourth-order valence-electron chi connectivity index (χ4n) is 2.97. The van der Waals surface area contributed by atoms with Crippen molar-refractivity contribution in [1.82, 2.24) is 14.8 Å². The molecule has 0 saturated heterocycles.